The number of halogens is 1. The minimum Gasteiger partial charge on any atom is -0.508 e. The molecule has 2 atom stereocenters. The van der Waals surface area contributed by atoms with E-state index >= 15 is 0 Å². The van der Waals surface area contributed by atoms with E-state index in [9.17, 15) is 9.18 Å². The first-order valence-corrected chi connectivity index (χ1v) is 7.56. The molecule has 3 nitrogen and oxygen atoms in total. The lowest BCUT2D eigenvalue weighted by molar-refractivity contribution is 0.0934. The van der Waals surface area contributed by atoms with E-state index in [0.717, 1.165) is 31.1 Å². The van der Waals surface area contributed by atoms with Crippen molar-refractivity contribution in [2.45, 2.75) is 37.5 Å². The molecule has 1 aromatic carbocycles. The largest absolute Gasteiger partial charge is 0.508 e. The third-order valence-electron chi connectivity index (χ3n) is 3.32. The Morgan fingerprint density at radius 2 is 2.32 bits per heavy atom. The van der Waals surface area contributed by atoms with Crippen LogP contribution in [0.4, 0.5) is 4.39 Å². The number of benzene rings is 1. The highest BCUT2D eigenvalue weighted by Crippen LogP contribution is 2.30. The molecule has 1 aliphatic carbocycles. The minimum atomic E-state index is -0.685. The van der Waals surface area contributed by atoms with Gasteiger partial charge in [-0.1, -0.05) is 6.92 Å². The van der Waals surface area contributed by atoms with Crippen molar-refractivity contribution in [2.75, 3.05) is 5.75 Å². The number of rotatable bonds is 4. The van der Waals surface area contributed by atoms with Gasteiger partial charge in [-0.15, -0.1) is 0 Å². The van der Waals surface area contributed by atoms with Crippen molar-refractivity contribution < 1.29 is 14.3 Å². The van der Waals surface area contributed by atoms with Crippen LogP contribution in [0.15, 0.2) is 18.2 Å². The number of aromatic hydroxyl groups is 1. The Morgan fingerprint density at radius 1 is 1.53 bits per heavy atom. The van der Waals surface area contributed by atoms with Crippen molar-refractivity contribution in [1.29, 1.82) is 0 Å². The molecule has 0 spiro atoms. The topological polar surface area (TPSA) is 49.3 Å². The molecule has 1 amide bonds. The van der Waals surface area contributed by atoms with E-state index in [1.807, 2.05) is 11.8 Å². The second kappa shape index (κ2) is 6.28. The average molecular weight is 283 g/mol. The zero-order valence-corrected chi connectivity index (χ0v) is 11.7. The predicted octanol–water partition coefficient (Wildman–Crippen LogP) is 2.94. The average Bonchev–Trinajstić information content (AvgIpc) is 2.76. The molecule has 1 aromatic rings. The molecule has 19 heavy (non-hydrogen) atoms. The molecule has 0 heterocycles. The normalized spacial score (nSPS) is 22.4. The fourth-order valence-electron chi connectivity index (χ4n) is 2.41. The summed E-state index contributed by atoms with van der Waals surface area (Å²) in [5, 5.41) is 12.6. The van der Waals surface area contributed by atoms with E-state index < -0.39 is 11.7 Å². The summed E-state index contributed by atoms with van der Waals surface area (Å²) in [6, 6.07) is 3.72. The summed E-state index contributed by atoms with van der Waals surface area (Å²) in [5.74, 6) is -0.174. The summed E-state index contributed by atoms with van der Waals surface area (Å²) in [6.07, 6.45) is 2.99. The van der Waals surface area contributed by atoms with Crippen LogP contribution in [0.1, 0.15) is 36.5 Å². The van der Waals surface area contributed by atoms with Crippen LogP contribution < -0.4 is 5.32 Å². The Bertz CT molecular complexity index is 467. The van der Waals surface area contributed by atoms with Crippen molar-refractivity contribution in [2.24, 2.45) is 0 Å². The molecule has 1 aliphatic rings. The van der Waals surface area contributed by atoms with Crippen molar-refractivity contribution in [1.82, 2.24) is 5.32 Å². The first-order chi connectivity index (χ1) is 9.10. The Kier molecular flexibility index (Phi) is 4.69. The Balaban J connectivity index is 1.94. The van der Waals surface area contributed by atoms with Crippen molar-refractivity contribution in [3.63, 3.8) is 0 Å². The summed E-state index contributed by atoms with van der Waals surface area (Å²) in [6.45, 7) is 2.13. The molecule has 0 aromatic heterocycles. The van der Waals surface area contributed by atoms with Gasteiger partial charge in [0.05, 0.1) is 5.56 Å². The van der Waals surface area contributed by atoms with Crippen LogP contribution in [-0.2, 0) is 0 Å². The maximum Gasteiger partial charge on any atom is 0.254 e. The summed E-state index contributed by atoms with van der Waals surface area (Å²) in [5.41, 5.74) is -0.00982. The maximum atomic E-state index is 13.5. The lowest BCUT2D eigenvalue weighted by Crippen LogP contribution is -2.33. The lowest BCUT2D eigenvalue weighted by atomic mass is 10.1. The molecule has 2 N–H and O–H groups in total. The van der Waals surface area contributed by atoms with Gasteiger partial charge < -0.3 is 10.4 Å². The first kappa shape index (κ1) is 14.2. The van der Waals surface area contributed by atoms with E-state index in [1.54, 1.807) is 0 Å². The zero-order chi connectivity index (χ0) is 13.8. The van der Waals surface area contributed by atoms with Gasteiger partial charge in [-0.25, -0.2) is 4.39 Å². The van der Waals surface area contributed by atoms with Gasteiger partial charge in [0.15, 0.2) is 0 Å². The number of hydrogen-bond donors (Lipinski definition) is 2. The number of phenols is 1. The van der Waals surface area contributed by atoms with E-state index in [0.29, 0.717) is 5.25 Å². The minimum absolute atomic E-state index is 0.00982. The number of phenolic OH excluding ortho intramolecular Hbond substituents is 1. The number of amides is 1. The molecule has 104 valence electrons. The third kappa shape index (κ3) is 3.62. The quantitative estimate of drug-likeness (QED) is 0.893. The summed E-state index contributed by atoms with van der Waals surface area (Å²) >= 11 is 1.91. The van der Waals surface area contributed by atoms with Gasteiger partial charge in [-0.2, -0.15) is 11.8 Å². The monoisotopic (exact) mass is 283 g/mol. The molecule has 0 radical (unpaired) electrons. The van der Waals surface area contributed by atoms with Crippen molar-refractivity contribution in [3.8, 4) is 5.75 Å². The molecule has 0 unspecified atom stereocenters. The summed E-state index contributed by atoms with van der Waals surface area (Å²) < 4.78 is 13.5. The Morgan fingerprint density at radius 3 is 3.00 bits per heavy atom. The molecule has 0 bridgehead atoms. The highest BCUT2D eigenvalue weighted by Gasteiger charge is 2.26. The van der Waals surface area contributed by atoms with Gasteiger partial charge in [0.2, 0.25) is 0 Å². The molecule has 5 heteroatoms. The second-order valence-electron chi connectivity index (χ2n) is 4.72. The zero-order valence-electron chi connectivity index (χ0n) is 10.9. The van der Waals surface area contributed by atoms with Crippen molar-refractivity contribution >= 4 is 17.7 Å². The van der Waals surface area contributed by atoms with E-state index in [1.165, 1.54) is 12.1 Å². The smallest absolute Gasteiger partial charge is 0.254 e. The summed E-state index contributed by atoms with van der Waals surface area (Å²) in [4.78, 5) is 12.0. The number of nitrogens with one attached hydrogen (secondary N) is 1. The molecule has 0 aliphatic heterocycles. The van der Waals surface area contributed by atoms with Gasteiger partial charge >= 0.3 is 0 Å². The molecule has 1 saturated carbocycles. The number of hydrogen-bond acceptors (Lipinski definition) is 3. The Labute approximate surface area is 116 Å². The second-order valence-corrected chi connectivity index (χ2v) is 6.30. The molecular formula is C14H18FNO2S. The number of carbonyl (C=O) groups is 1. The van der Waals surface area contributed by atoms with E-state index in [2.05, 4.69) is 12.2 Å². The van der Waals surface area contributed by atoms with Gasteiger partial charge in [-0.05, 0) is 37.1 Å². The van der Waals surface area contributed by atoms with Crippen LogP contribution in [0.2, 0.25) is 0 Å². The van der Waals surface area contributed by atoms with Gasteiger partial charge in [0, 0.05) is 17.4 Å². The molecule has 0 saturated heterocycles. The van der Waals surface area contributed by atoms with Crippen LogP contribution in [-0.4, -0.2) is 28.1 Å². The highest BCUT2D eigenvalue weighted by atomic mass is 32.2. The van der Waals surface area contributed by atoms with Crippen molar-refractivity contribution in [3.05, 3.63) is 29.6 Å². The lowest BCUT2D eigenvalue weighted by Gasteiger charge is -2.13. The van der Waals surface area contributed by atoms with Gasteiger partial charge in [0.25, 0.3) is 5.91 Å². The van der Waals surface area contributed by atoms with E-state index in [-0.39, 0.29) is 17.4 Å². The number of carbonyl (C=O) groups excluding carboxylic acids is 1. The summed E-state index contributed by atoms with van der Waals surface area (Å²) in [7, 11) is 0. The fourth-order valence-corrected chi connectivity index (χ4v) is 3.55. The van der Waals surface area contributed by atoms with Crippen LogP contribution >= 0.6 is 11.8 Å². The van der Waals surface area contributed by atoms with E-state index in [4.69, 9.17) is 5.11 Å². The molecular weight excluding hydrogens is 265 g/mol. The maximum absolute atomic E-state index is 13.5. The standard InChI is InChI=1S/C14H18FNO2S/c1-2-19-11-5-3-9(7-11)16-14(18)12-6-4-10(17)8-13(12)15/h4,6,8-9,11,17H,2-3,5,7H2,1H3,(H,16,18)/t9-,11+/m1/s1. The highest BCUT2D eigenvalue weighted by molar-refractivity contribution is 7.99. The molecule has 1 fully saturated rings. The number of thioether (sulfide) groups is 1. The molecule has 2 rings (SSSR count). The predicted molar refractivity (Wildman–Crippen MR) is 75.1 cm³/mol. The van der Waals surface area contributed by atoms with Crippen LogP contribution in [0.5, 0.6) is 5.75 Å². The third-order valence-corrected chi connectivity index (χ3v) is 4.55. The Hall–Kier alpha value is -1.23. The van der Waals surface area contributed by atoms with Gasteiger partial charge in [-0.3, -0.25) is 4.79 Å². The first-order valence-electron chi connectivity index (χ1n) is 6.51. The van der Waals surface area contributed by atoms with Gasteiger partial charge in [0.1, 0.15) is 11.6 Å². The SMILES string of the molecule is CCS[C@H]1CC[C@@H](NC(=O)c2ccc(O)cc2F)C1. The van der Waals surface area contributed by atoms with Crippen LogP contribution in [0, 0.1) is 5.82 Å². The van der Waals surface area contributed by atoms with Crippen LogP contribution in [0.25, 0.3) is 0 Å². The van der Waals surface area contributed by atoms with Crippen LogP contribution in [0.3, 0.4) is 0 Å². The fraction of sp³-hybridized carbons (Fsp3) is 0.500.